The molecule has 2 radical (unpaired) electrons. The fraction of sp³-hybridized carbons (Fsp3) is 0.364. The van der Waals surface area contributed by atoms with Gasteiger partial charge in [-0.3, -0.25) is 0 Å². The van der Waals surface area contributed by atoms with Crippen LogP contribution in [0, 0.1) is 18.3 Å². The second kappa shape index (κ2) is 3.08. The zero-order valence-electron chi connectivity index (χ0n) is 6.53. The van der Waals surface area contributed by atoms with Crippen molar-refractivity contribution >= 4 is 0 Å². The largest absolute Gasteiger partial charge is 0.0879 e. The molecule has 0 N–H and O–H groups in total. The molecule has 0 saturated heterocycles. The van der Waals surface area contributed by atoms with Gasteiger partial charge in [0.25, 0.3) is 0 Å². The lowest BCUT2D eigenvalue weighted by Gasteiger charge is -2.19. The number of hydrogen-bond donors (Lipinski definition) is 0. The van der Waals surface area contributed by atoms with E-state index in [1.165, 1.54) is 6.42 Å². The number of fused-ring (bicyclic) bond motifs is 1. The van der Waals surface area contributed by atoms with Crippen molar-refractivity contribution in [2.24, 2.45) is 11.8 Å². The van der Waals surface area contributed by atoms with Crippen molar-refractivity contribution in [1.29, 1.82) is 0 Å². The van der Waals surface area contributed by atoms with Gasteiger partial charge in [0.2, 0.25) is 0 Å². The highest BCUT2D eigenvalue weighted by atomic mass is 14.2. The average Bonchev–Trinajstić information content (AvgIpc) is 2.28. The van der Waals surface area contributed by atoms with Crippen LogP contribution < -0.4 is 0 Å². The van der Waals surface area contributed by atoms with Gasteiger partial charge >= 0.3 is 0 Å². The van der Waals surface area contributed by atoms with Crippen LogP contribution in [0.15, 0.2) is 36.5 Å². The first-order chi connectivity index (χ1) is 5.47. The minimum Gasteiger partial charge on any atom is -0.0879 e. The summed E-state index contributed by atoms with van der Waals surface area (Å²) in [5, 5.41) is 0. The topological polar surface area (TPSA) is 0 Å². The molecule has 0 nitrogen and oxygen atoms in total. The molecular formula is C11H12. The van der Waals surface area contributed by atoms with E-state index in [-0.39, 0.29) is 0 Å². The quantitative estimate of drug-likeness (QED) is 0.458. The first-order valence-electron chi connectivity index (χ1n) is 4.20. The van der Waals surface area contributed by atoms with Gasteiger partial charge in [0, 0.05) is 0 Å². The molecule has 0 aromatic rings. The Morgan fingerprint density at radius 3 is 3.00 bits per heavy atom. The molecule has 0 aliphatic heterocycles. The van der Waals surface area contributed by atoms with Gasteiger partial charge in [-0.25, -0.2) is 0 Å². The zero-order valence-corrected chi connectivity index (χ0v) is 6.53. The van der Waals surface area contributed by atoms with Crippen molar-refractivity contribution in [2.75, 3.05) is 0 Å². The summed E-state index contributed by atoms with van der Waals surface area (Å²) < 4.78 is 0. The van der Waals surface area contributed by atoms with Crippen molar-refractivity contribution in [3.63, 3.8) is 0 Å². The van der Waals surface area contributed by atoms with Crippen molar-refractivity contribution < 1.29 is 0 Å². The van der Waals surface area contributed by atoms with Crippen LogP contribution in [-0.4, -0.2) is 0 Å². The summed E-state index contributed by atoms with van der Waals surface area (Å²) in [5.41, 5.74) is 0. The Morgan fingerprint density at radius 2 is 2.00 bits per heavy atom. The number of allylic oxidation sites excluding steroid dienone is 6. The SMILES string of the molecule is [C]1CC=CCC2C=CC=CC12. The van der Waals surface area contributed by atoms with Gasteiger partial charge in [-0.2, -0.15) is 0 Å². The van der Waals surface area contributed by atoms with Crippen LogP contribution in [-0.2, 0) is 0 Å². The predicted octanol–water partition coefficient (Wildman–Crippen LogP) is 2.78. The molecule has 0 aromatic heterocycles. The average molecular weight is 144 g/mol. The second-order valence-electron chi connectivity index (χ2n) is 3.07. The van der Waals surface area contributed by atoms with E-state index in [4.69, 9.17) is 0 Å². The highest BCUT2D eigenvalue weighted by Gasteiger charge is 2.18. The lowest BCUT2D eigenvalue weighted by atomic mass is 9.85. The Hall–Kier alpha value is -0.780. The van der Waals surface area contributed by atoms with Crippen molar-refractivity contribution in [2.45, 2.75) is 12.8 Å². The van der Waals surface area contributed by atoms with Crippen LogP contribution >= 0.6 is 0 Å². The van der Waals surface area contributed by atoms with Gasteiger partial charge in [-0.1, -0.05) is 36.5 Å². The fourth-order valence-corrected chi connectivity index (χ4v) is 1.64. The summed E-state index contributed by atoms with van der Waals surface area (Å²) >= 11 is 0. The fourth-order valence-electron chi connectivity index (χ4n) is 1.64. The van der Waals surface area contributed by atoms with Crippen molar-refractivity contribution in [3.8, 4) is 0 Å². The highest BCUT2D eigenvalue weighted by molar-refractivity contribution is 5.19. The second-order valence-corrected chi connectivity index (χ2v) is 3.07. The van der Waals surface area contributed by atoms with E-state index >= 15 is 0 Å². The molecule has 56 valence electrons. The third-order valence-electron chi connectivity index (χ3n) is 2.30. The van der Waals surface area contributed by atoms with Gasteiger partial charge in [0.15, 0.2) is 0 Å². The maximum atomic E-state index is 3.46. The van der Waals surface area contributed by atoms with Gasteiger partial charge in [0.1, 0.15) is 0 Å². The number of rotatable bonds is 0. The normalized spacial score (nSPS) is 34.9. The summed E-state index contributed by atoms with van der Waals surface area (Å²) in [6.45, 7) is 0. The Labute approximate surface area is 68.3 Å². The van der Waals surface area contributed by atoms with Gasteiger partial charge < -0.3 is 0 Å². The molecule has 2 aliphatic carbocycles. The van der Waals surface area contributed by atoms with E-state index in [0.717, 1.165) is 6.42 Å². The van der Waals surface area contributed by atoms with Gasteiger partial charge in [-0.15, -0.1) is 0 Å². The molecule has 0 heterocycles. The molecule has 11 heavy (non-hydrogen) atoms. The number of hydrogen-bond acceptors (Lipinski definition) is 0. The molecular weight excluding hydrogens is 132 g/mol. The minimum absolute atomic E-state index is 0.565. The first kappa shape index (κ1) is 6.90. The van der Waals surface area contributed by atoms with Crippen LogP contribution in [0.5, 0.6) is 0 Å². The van der Waals surface area contributed by atoms with Crippen LogP contribution in [0.3, 0.4) is 0 Å². The van der Waals surface area contributed by atoms with E-state index in [0.29, 0.717) is 11.8 Å². The summed E-state index contributed by atoms with van der Waals surface area (Å²) in [7, 11) is 0. The molecule has 0 aromatic carbocycles. The van der Waals surface area contributed by atoms with Crippen molar-refractivity contribution in [1.82, 2.24) is 0 Å². The molecule has 0 spiro atoms. The third kappa shape index (κ3) is 1.45. The maximum Gasteiger partial charge on any atom is -0.00521 e. The Morgan fingerprint density at radius 1 is 1.09 bits per heavy atom. The van der Waals surface area contributed by atoms with E-state index in [1.54, 1.807) is 0 Å². The summed E-state index contributed by atoms with van der Waals surface area (Å²) in [6.07, 6.45) is 18.9. The Bertz CT molecular complexity index is 208. The third-order valence-corrected chi connectivity index (χ3v) is 2.30. The molecule has 2 rings (SSSR count). The van der Waals surface area contributed by atoms with E-state index < -0.39 is 0 Å². The smallest absolute Gasteiger partial charge is 0.00521 e. The monoisotopic (exact) mass is 144 g/mol. The van der Waals surface area contributed by atoms with E-state index in [1.807, 2.05) is 0 Å². The molecule has 0 heteroatoms. The molecule has 2 unspecified atom stereocenters. The molecule has 2 aliphatic rings. The van der Waals surface area contributed by atoms with Crippen molar-refractivity contribution in [3.05, 3.63) is 42.9 Å². The molecule has 0 amide bonds. The molecule has 2 atom stereocenters. The summed E-state index contributed by atoms with van der Waals surface area (Å²) in [5.74, 6) is 1.24. The van der Waals surface area contributed by atoms with E-state index in [9.17, 15) is 0 Å². The Kier molecular flexibility index (Phi) is 1.93. The van der Waals surface area contributed by atoms with Crippen LogP contribution in [0.1, 0.15) is 12.8 Å². The standard InChI is InChI=1S/C11H12/c1-2-6-10-8-4-5-9-11(10)7-3-1/h1-2,4-5,8-11H,3,6H2. The highest BCUT2D eigenvalue weighted by Crippen LogP contribution is 2.28. The van der Waals surface area contributed by atoms with E-state index in [2.05, 4.69) is 42.9 Å². The van der Waals surface area contributed by atoms with Crippen LogP contribution in [0.2, 0.25) is 0 Å². The Balaban J connectivity index is 2.13. The molecule has 0 fully saturated rings. The van der Waals surface area contributed by atoms with Crippen LogP contribution in [0.4, 0.5) is 0 Å². The molecule has 0 bridgehead atoms. The van der Waals surface area contributed by atoms with Gasteiger partial charge in [0.05, 0.1) is 0 Å². The first-order valence-corrected chi connectivity index (χ1v) is 4.20. The molecule has 0 saturated carbocycles. The summed E-state index contributed by atoms with van der Waals surface area (Å²) in [4.78, 5) is 0. The lowest BCUT2D eigenvalue weighted by molar-refractivity contribution is 0.532. The zero-order chi connectivity index (χ0) is 7.52. The predicted molar refractivity (Wildman–Crippen MR) is 46.9 cm³/mol. The van der Waals surface area contributed by atoms with Gasteiger partial charge in [-0.05, 0) is 31.1 Å². The minimum atomic E-state index is 0.565. The maximum absolute atomic E-state index is 3.46. The van der Waals surface area contributed by atoms with Crippen LogP contribution in [0.25, 0.3) is 0 Å². The summed E-state index contributed by atoms with van der Waals surface area (Å²) in [6, 6.07) is 0. The lowest BCUT2D eigenvalue weighted by Crippen LogP contribution is -2.10.